The minimum absolute atomic E-state index is 0.0877. The van der Waals surface area contributed by atoms with Gasteiger partial charge in [0.05, 0.1) is 18.9 Å². The number of aliphatic imine (C=N–C) groups is 1. The monoisotopic (exact) mass is 353 g/mol. The average Bonchev–Trinajstić information content (AvgIpc) is 3.27. The summed E-state index contributed by atoms with van der Waals surface area (Å²) >= 11 is 0. The maximum atomic E-state index is 6.08. The summed E-state index contributed by atoms with van der Waals surface area (Å²) in [5.41, 5.74) is 9.30. The molecule has 1 aromatic carbocycles. The molecule has 1 fully saturated rings. The van der Waals surface area contributed by atoms with E-state index in [0.29, 0.717) is 25.1 Å². The van der Waals surface area contributed by atoms with E-state index in [1.54, 1.807) is 0 Å². The second-order valence-corrected chi connectivity index (χ2v) is 6.57. The first-order valence-corrected chi connectivity index (χ1v) is 8.81. The number of hydrogen-bond donors (Lipinski definition) is 1. The molecule has 2 aromatic heterocycles. The Morgan fingerprint density at radius 2 is 2.00 bits per heavy atom. The Kier molecular flexibility index (Phi) is 4.38. The quantitative estimate of drug-likeness (QED) is 0.578. The molecule has 0 saturated carbocycles. The summed E-state index contributed by atoms with van der Waals surface area (Å²) in [5.74, 6) is 0.951. The maximum Gasteiger partial charge on any atom is 0.253 e. The number of para-hydroxylation sites is 1. The van der Waals surface area contributed by atoms with Crippen LogP contribution in [-0.4, -0.2) is 46.9 Å². The van der Waals surface area contributed by atoms with E-state index in [0.717, 1.165) is 18.8 Å². The maximum absolute atomic E-state index is 6.08. The van der Waals surface area contributed by atoms with E-state index in [1.165, 1.54) is 16.6 Å². The number of rotatable bonds is 3. The summed E-state index contributed by atoms with van der Waals surface area (Å²) in [6.07, 6.45) is 0. The molecule has 7 heteroatoms. The predicted molar refractivity (Wildman–Crippen MR) is 101 cm³/mol. The lowest BCUT2D eigenvalue weighted by molar-refractivity contribution is 0.0675. The Morgan fingerprint density at radius 1 is 1.23 bits per heavy atom. The molecule has 1 saturated heterocycles. The normalized spacial score (nSPS) is 17.0. The topological polar surface area (TPSA) is 81.8 Å². The van der Waals surface area contributed by atoms with Crippen LogP contribution >= 0.6 is 0 Å². The number of hydrogen-bond acceptors (Lipinski definition) is 4. The number of nitrogens with two attached hydrogens (primary N) is 1. The molecule has 7 nitrogen and oxygen atoms in total. The van der Waals surface area contributed by atoms with Crippen LogP contribution in [0.15, 0.2) is 45.9 Å². The molecule has 3 heterocycles. The number of aromatic nitrogens is 2. The van der Waals surface area contributed by atoms with E-state index in [1.807, 2.05) is 23.1 Å². The van der Waals surface area contributed by atoms with Crippen molar-refractivity contribution in [3.63, 3.8) is 0 Å². The molecule has 136 valence electrons. The van der Waals surface area contributed by atoms with Gasteiger partial charge in [0, 0.05) is 43.3 Å². The standard InChI is InChI=1S/C19H23N5O2/c1-13(17-11-14-5-3-4-6-16(14)23(17)2)15-12-18(26-22-15)21-19(20)24-7-9-25-10-8-24/h3-6,11-13H,7-10H2,1-2H3,(H2,20,21). The Hall–Kier alpha value is -2.80. The molecule has 1 unspecified atom stereocenters. The molecule has 3 aromatic rings. The Labute approximate surface area is 152 Å². The van der Waals surface area contributed by atoms with Crippen molar-refractivity contribution in [3.8, 4) is 0 Å². The van der Waals surface area contributed by atoms with Gasteiger partial charge in [-0.05, 0) is 17.5 Å². The van der Waals surface area contributed by atoms with Gasteiger partial charge in [-0.2, -0.15) is 4.99 Å². The van der Waals surface area contributed by atoms with Crippen LogP contribution in [0.5, 0.6) is 0 Å². The first-order valence-electron chi connectivity index (χ1n) is 8.81. The first kappa shape index (κ1) is 16.7. The van der Waals surface area contributed by atoms with Gasteiger partial charge in [0.1, 0.15) is 0 Å². The van der Waals surface area contributed by atoms with Gasteiger partial charge < -0.3 is 24.5 Å². The highest BCUT2D eigenvalue weighted by Gasteiger charge is 2.19. The number of benzene rings is 1. The van der Waals surface area contributed by atoms with E-state index in [-0.39, 0.29) is 5.92 Å². The lowest BCUT2D eigenvalue weighted by Crippen LogP contribution is -2.44. The van der Waals surface area contributed by atoms with Crippen LogP contribution in [0.1, 0.15) is 24.2 Å². The highest BCUT2D eigenvalue weighted by atomic mass is 16.5. The van der Waals surface area contributed by atoms with Gasteiger partial charge in [-0.15, -0.1) is 0 Å². The van der Waals surface area contributed by atoms with Crippen LogP contribution in [0.2, 0.25) is 0 Å². The SMILES string of the molecule is CC(c1cc(N=C(N)N2CCOCC2)on1)c1cc2ccccc2n1C. The third-order valence-electron chi connectivity index (χ3n) is 4.95. The first-order chi connectivity index (χ1) is 12.6. The lowest BCUT2D eigenvalue weighted by Gasteiger charge is -2.27. The molecule has 0 spiro atoms. The number of nitrogens with zero attached hydrogens (tertiary/aromatic N) is 4. The number of ether oxygens (including phenoxy) is 1. The Bertz CT molecular complexity index is 936. The minimum Gasteiger partial charge on any atom is -0.378 e. The van der Waals surface area contributed by atoms with E-state index >= 15 is 0 Å². The fourth-order valence-electron chi connectivity index (χ4n) is 3.39. The van der Waals surface area contributed by atoms with Gasteiger partial charge in [0.25, 0.3) is 5.88 Å². The van der Waals surface area contributed by atoms with Crippen LogP contribution < -0.4 is 5.73 Å². The van der Waals surface area contributed by atoms with Crippen molar-refractivity contribution in [1.29, 1.82) is 0 Å². The fourth-order valence-corrected chi connectivity index (χ4v) is 3.39. The van der Waals surface area contributed by atoms with Gasteiger partial charge in [-0.1, -0.05) is 30.3 Å². The molecule has 2 N–H and O–H groups in total. The van der Waals surface area contributed by atoms with Crippen molar-refractivity contribution in [2.45, 2.75) is 12.8 Å². The summed E-state index contributed by atoms with van der Waals surface area (Å²) in [7, 11) is 2.07. The molecule has 26 heavy (non-hydrogen) atoms. The van der Waals surface area contributed by atoms with Crippen molar-refractivity contribution in [2.24, 2.45) is 17.8 Å². The summed E-state index contributed by atoms with van der Waals surface area (Å²) in [6, 6.07) is 12.4. The third kappa shape index (κ3) is 3.06. The molecule has 4 rings (SSSR count). The average molecular weight is 353 g/mol. The molecule has 0 amide bonds. The summed E-state index contributed by atoms with van der Waals surface area (Å²) in [4.78, 5) is 6.36. The molecular formula is C19H23N5O2. The zero-order chi connectivity index (χ0) is 18.1. The van der Waals surface area contributed by atoms with Crippen molar-refractivity contribution in [1.82, 2.24) is 14.6 Å². The Morgan fingerprint density at radius 3 is 2.77 bits per heavy atom. The molecular weight excluding hydrogens is 330 g/mol. The second kappa shape index (κ2) is 6.84. The fraction of sp³-hybridized carbons (Fsp3) is 0.368. The van der Waals surface area contributed by atoms with Crippen molar-refractivity contribution in [3.05, 3.63) is 47.8 Å². The smallest absolute Gasteiger partial charge is 0.253 e. The molecule has 1 atom stereocenters. The van der Waals surface area contributed by atoms with Crippen LogP contribution in [0.3, 0.4) is 0 Å². The van der Waals surface area contributed by atoms with Gasteiger partial charge in [0.2, 0.25) is 0 Å². The van der Waals surface area contributed by atoms with Crippen LogP contribution in [0, 0.1) is 0 Å². The molecule has 1 aliphatic heterocycles. The molecule has 1 aliphatic rings. The van der Waals surface area contributed by atoms with E-state index in [2.05, 4.69) is 46.9 Å². The van der Waals surface area contributed by atoms with E-state index in [9.17, 15) is 0 Å². The summed E-state index contributed by atoms with van der Waals surface area (Å²) in [5, 5.41) is 5.43. The van der Waals surface area contributed by atoms with E-state index < -0.39 is 0 Å². The zero-order valence-corrected chi connectivity index (χ0v) is 15.1. The number of morpholine rings is 1. The van der Waals surface area contributed by atoms with Gasteiger partial charge >= 0.3 is 0 Å². The van der Waals surface area contributed by atoms with Gasteiger partial charge in [0.15, 0.2) is 5.96 Å². The van der Waals surface area contributed by atoms with Crippen LogP contribution in [0.25, 0.3) is 10.9 Å². The third-order valence-corrected chi connectivity index (χ3v) is 4.95. The van der Waals surface area contributed by atoms with E-state index in [4.69, 9.17) is 15.0 Å². The molecule has 0 aliphatic carbocycles. The number of guanidine groups is 1. The molecule has 0 radical (unpaired) electrons. The largest absolute Gasteiger partial charge is 0.378 e. The zero-order valence-electron chi connectivity index (χ0n) is 15.1. The van der Waals surface area contributed by atoms with Crippen LogP contribution in [0.4, 0.5) is 5.88 Å². The predicted octanol–water partition coefficient (Wildman–Crippen LogP) is 2.60. The Balaban J connectivity index is 1.57. The second-order valence-electron chi connectivity index (χ2n) is 6.57. The minimum atomic E-state index is 0.0877. The number of aryl methyl sites for hydroxylation is 1. The van der Waals surface area contributed by atoms with Crippen molar-refractivity contribution in [2.75, 3.05) is 26.3 Å². The van der Waals surface area contributed by atoms with Crippen molar-refractivity contribution >= 4 is 22.7 Å². The molecule has 0 bridgehead atoms. The highest BCUT2D eigenvalue weighted by molar-refractivity contribution is 5.82. The summed E-state index contributed by atoms with van der Waals surface area (Å²) in [6.45, 7) is 4.92. The van der Waals surface area contributed by atoms with Crippen LogP contribution in [-0.2, 0) is 11.8 Å². The van der Waals surface area contributed by atoms with Gasteiger partial charge in [-0.25, -0.2) is 0 Å². The highest BCUT2D eigenvalue weighted by Crippen LogP contribution is 2.30. The van der Waals surface area contributed by atoms with Gasteiger partial charge in [-0.3, -0.25) is 0 Å². The summed E-state index contributed by atoms with van der Waals surface area (Å²) < 4.78 is 12.9. The van der Waals surface area contributed by atoms with Crippen molar-refractivity contribution < 1.29 is 9.26 Å². The number of fused-ring (bicyclic) bond motifs is 1. The lowest BCUT2D eigenvalue weighted by atomic mass is 10.0.